The van der Waals surface area contributed by atoms with Crippen LogP contribution in [-0.2, 0) is 0 Å². The molecule has 2 heterocycles. The maximum Gasteiger partial charge on any atom is 0.255 e. The number of rotatable bonds is 2. The summed E-state index contributed by atoms with van der Waals surface area (Å²) in [5, 5.41) is 0. The molecular weight excluding hydrogens is 224 g/mol. The van der Waals surface area contributed by atoms with E-state index in [4.69, 9.17) is 5.84 Å². The number of nitrogens with two attached hydrogens (primary N) is 1. The third-order valence-electron chi connectivity index (χ3n) is 2.46. The molecule has 0 saturated carbocycles. The van der Waals surface area contributed by atoms with Crippen molar-refractivity contribution in [1.82, 2.24) is 9.88 Å². The van der Waals surface area contributed by atoms with Gasteiger partial charge in [0.2, 0.25) is 0 Å². The van der Waals surface area contributed by atoms with Crippen molar-refractivity contribution >= 4 is 23.5 Å². The minimum Gasteiger partial charge on any atom is -0.337 e. The molecule has 1 saturated heterocycles. The van der Waals surface area contributed by atoms with Crippen LogP contribution in [0, 0.1) is 0 Å². The lowest BCUT2D eigenvalue weighted by molar-refractivity contribution is 0.0772. The van der Waals surface area contributed by atoms with Crippen molar-refractivity contribution in [1.29, 1.82) is 0 Å². The van der Waals surface area contributed by atoms with Crippen LogP contribution in [-0.4, -0.2) is 40.4 Å². The SMILES string of the molecule is NNc1ccc(C(=O)N2CCSCC2)cn1. The molecule has 1 amide bonds. The van der Waals surface area contributed by atoms with Crippen LogP contribution < -0.4 is 11.3 Å². The number of amides is 1. The highest BCUT2D eigenvalue weighted by Crippen LogP contribution is 2.13. The monoisotopic (exact) mass is 238 g/mol. The Balaban J connectivity index is 2.07. The highest BCUT2D eigenvalue weighted by atomic mass is 32.2. The molecule has 1 aromatic rings. The molecule has 1 aromatic heterocycles. The molecule has 0 aromatic carbocycles. The molecule has 86 valence electrons. The topological polar surface area (TPSA) is 71.2 Å². The minimum absolute atomic E-state index is 0.0522. The van der Waals surface area contributed by atoms with E-state index in [9.17, 15) is 4.79 Å². The van der Waals surface area contributed by atoms with E-state index in [1.807, 2.05) is 16.7 Å². The van der Waals surface area contributed by atoms with Crippen molar-refractivity contribution in [2.24, 2.45) is 5.84 Å². The van der Waals surface area contributed by atoms with Gasteiger partial charge in [-0.05, 0) is 12.1 Å². The lowest BCUT2D eigenvalue weighted by atomic mass is 10.2. The number of aromatic nitrogens is 1. The number of anilines is 1. The molecule has 0 bridgehead atoms. The van der Waals surface area contributed by atoms with Crippen LogP contribution in [0.4, 0.5) is 5.82 Å². The number of nitrogen functional groups attached to an aromatic ring is 1. The van der Waals surface area contributed by atoms with Crippen LogP contribution in [0.5, 0.6) is 0 Å². The van der Waals surface area contributed by atoms with Crippen LogP contribution in [0.3, 0.4) is 0 Å². The standard InChI is InChI=1S/C10H14N4OS/c11-13-9-2-1-8(7-12-9)10(15)14-3-5-16-6-4-14/h1-2,7H,3-6,11H2,(H,12,13). The fourth-order valence-electron chi connectivity index (χ4n) is 1.55. The summed E-state index contributed by atoms with van der Waals surface area (Å²) in [5.41, 5.74) is 3.05. The summed E-state index contributed by atoms with van der Waals surface area (Å²) >= 11 is 1.88. The van der Waals surface area contributed by atoms with Crippen LogP contribution in [0.25, 0.3) is 0 Å². The molecule has 0 aliphatic carbocycles. The lowest BCUT2D eigenvalue weighted by Crippen LogP contribution is -2.37. The van der Waals surface area contributed by atoms with Gasteiger partial charge in [-0.25, -0.2) is 10.8 Å². The van der Waals surface area contributed by atoms with Gasteiger partial charge in [-0.15, -0.1) is 0 Å². The number of carbonyl (C=O) groups excluding carboxylic acids is 1. The zero-order valence-electron chi connectivity index (χ0n) is 8.85. The quantitative estimate of drug-likeness (QED) is 0.582. The Kier molecular flexibility index (Phi) is 3.63. The number of nitrogens with zero attached hydrogens (tertiary/aromatic N) is 2. The van der Waals surface area contributed by atoms with E-state index in [1.54, 1.807) is 18.3 Å². The fourth-order valence-corrected chi connectivity index (χ4v) is 2.46. The number of pyridine rings is 1. The highest BCUT2D eigenvalue weighted by molar-refractivity contribution is 7.99. The van der Waals surface area contributed by atoms with Gasteiger partial charge in [0.15, 0.2) is 0 Å². The van der Waals surface area contributed by atoms with Crippen molar-refractivity contribution in [3.63, 3.8) is 0 Å². The van der Waals surface area contributed by atoms with Crippen LogP contribution >= 0.6 is 11.8 Å². The van der Waals surface area contributed by atoms with Gasteiger partial charge in [-0.2, -0.15) is 11.8 Å². The molecule has 1 aliphatic rings. The van der Waals surface area contributed by atoms with Crippen molar-refractivity contribution in [3.05, 3.63) is 23.9 Å². The first-order valence-electron chi connectivity index (χ1n) is 5.11. The average Bonchev–Trinajstić information content (AvgIpc) is 2.39. The summed E-state index contributed by atoms with van der Waals surface area (Å²) < 4.78 is 0. The smallest absolute Gasteiger partial charge is 0.255 e. The van der Waals surface area contributed by atoms with Gasteiger partial charge in [0.25, 0.3) is 5.91 Å². The minimum atomic E-state index is 0.0522. The normalized spacial score (nSPS) is 15.9. The van der Waals surface area contributed by atoms with Gasteiger partial charge < -0.3 is 10.3 Å². The Morgan fingerprint density at radius 2 is 2.19 bits per heavy atom. The van der Waals surface area contributed by atoms with Crippen LogP contribution in [0.1, 0.15) is 10.4 Å². The molecule has 1 fully saturated rings. The van der Waals surface area contributed by atoms with E-state index in [0.717, 1.165) is 24.6 Å². The highest BCUT2D eigenvalue weighted by Gasteiger charge is 2.18. The van der Waals surface area contributed by atoms with Gasteiger partial charge >= 0.3 is 0 Å². The van der Waals surface area contributed by atoms with Gasteiger partial charge in [-0.3, -0.25) is 4.79 Å². The maximum absolute atomic E-state index is 12.0. The summed E-state index contributed by atoms with van der Waals surface area (Å²) in [5.74, 6) is 7.85. The first kappa shape index (κ1) is 11.2. The summed E-state index contributed by atoms with van der Waals surface area (Å²) in [6.45, 7) is 1.64. The van der Waals surface area contributed by atoms with Gasteiger partial charge in [0, 0.05) is 30.8 Å². The number of thioether (sulfide) groups is 1. The van der Waals surface area contributed by atoms with E-state index in [2.05, 4.69) is 10.4 Å². The largest absolute Gasteiger partial charge is 0.337 e. The maximum atomic E-state index is 12.0. The van der Waals surface area contributed by atoms with E-state index >= 15 is 0 Å². The van der Waals surface area contributed by atoms with Crippen molar-refractivity contribution in [2.45, 2.75) is 0 Å². The number of hydrogen-bond acceptors (Lipinski definition) is 5. The second-order valence-corrected chi connectivity index (χ2v) is 4.71. The summed E-state index contributed by atoms with van der Waals surface area (Å²) in [4.78, 5) is 17.9. The second-order valence-electron chi connectivity index (χ2n) is 3.48. The number of carbonyl (C=O) groups is 1. The molecule has 3 N–H and O–H groups in total. The Labute approximate surface area is 98.4 Å². The van der Waals surface area contributed by atoms with Gasteiger partial charge in [-0.1, -0.05) is 0 Å². The Bertz CT molecular complexity index is 362. The molecule has 6 heteroatoms. The van der Waals surface area contributed by atoms with Crippen LogP contribution in [0.15, 0.2) is 18.3 Å². The molecule has 5 nitrogen and oxygen atoms in total. The van der Waals surface area contributed by atoms with Crippen molar-refractivity contribution in [3.8, 4) is 0 Å². The second kappa shape index (κ2) is 5.18. The first-order valence-corrected chi connectivity index (χ1v) is 6.26. The molecule has 0 atom stereocenters. The Morgan fingerprint density at radius 3 is 2.75 bits per heavy atom. The van der Waals surface area contributed by atoms with E-state index in [1.165, 1.54) is 0 Å². The molecule has 1 aliphatic heterocycles. The third-order valence-corrected chi connectivity index (χ3v) is 3.40. The van der Waals surface area contributed by atoms with E-state index < -0.39 is 0 Å². The zero-order chi connectivity index (χ0) is 11.4. The van der Waals surface area contributed by atoms with Gasteiger partial charge in [0.05, 0.1) is 5.56 Å². The predicted molar refractivity (Wildman–Crippen MR) is 65.3 cm³/mol. The summed E-state index contributed by atoms with van der Waals surface area (Å²) in [6, 6.07) is 3.44. The molecule has 0 spiro atoms. The van der Waals surface area contributed by atoms with Crippen LogP contribution in [0.2, 0.25) is 0 Å². The number of hydrogen-bond donors (Lipinski definition) is 2. The molecule has 2 rings (SSSR count). The van der Waals surface area contributed by atoms with E-state index in [0.29, 0.717) is 11.4 Å². The van der Waals surface area contributed by atoms with Gasteiger partial charge in [0.1, 0.15) is 5.82 Å². The van der Waals surface area contributed by atoms with Crippen molar-refractivity contribution < 1.29 is 4.79 Å². The molecule has 0 unspecified atom stereocenters. The van der Waals surface area contributed by atoms with E-state index in [-0.39, 0.29) is 5.91 Å². The molecule has 0 radical (unpaired) electrons. The van der Waals surface area contributed by atoms with Crippen molar-refractivity contribution in [2.75, 3.05) is 30.0 Å². The third kappa shape index (κ3) is 2.45. The fraction of sp³-hybridized carbons (Fsp3) is 0.400. The summed E-state index contributed by atoms with van der Waals surface area (Å²) in [6.07, 6.45) is 1.55. The average molecular weight is 238 g/mol. The lowest BCUT2D eigenvalue weighted by Gasteiger charge is -2.26. The predicted octanol–water partition coefficient (Wildman–Crippen LogP) is 0.556. The summed E-state index contributed by atoms with van der Waals surface area (Å²) in [7, 11) is 0. The molecule has 16 heavy (non-hydrogen) atoms. The number of hydrazine groups is 1. The number of nitrogens with one attached hydrogen (secondary N) is 1. The first-order chi connectivity index (χ1) is 7.81. The molecular formula is C10H14N4OS. The Hall–Kier alpha value is -1.27. The Morgan fingerprint density at radius 1 is 1.44 bits per heavy atom. The zero-order valence-corrected chi connectivity index (χ0v) is 9.67.